The smallest absolute Gasteiger partial charge is 0.159 e. The van der Waals surface area contributed by atoms with Gasteiger partial charge < -0.3 is 5.32 Å². The van der Waals surface area contributed by atoms with Crippen LogP contribution in [0.25, 0.3) is 0 Å². The summed E-state index contributed by atoms with van der Waals surface area (Å²) in [6, 6.07) is 8.03. The lowest BCUT2D eigenvalue weighted by Gasteiger charge is -2.17. The molecule has 0 bridgehead atoms. The Bertz CT molecular complexity index is 616. The van der Waals surface area contributed by atoms with Crippen LogP contribution in [-0.4, -0.2) is 7.05 Å². The summed E-state index contributed by atoms with van der Waals surface area (Å²) in [5.74, 6) is -2.24. The number of benzene rings is 2. The Balaban J connectivity index is 2.23. The molecule has 20 heavy (non-hydrogen) atoms. The van der Waals surface area contributed by atoms with Crippen LogP contribution in [0.5, 0.6) is 0 Å². The third-order valence-corrected chi connectivity index (χ3v) is 3.41. The molecule has 1 unspecified atom stereocenters. The average Bonchev–Trinajstić information content (AvgIpc) is 2.43. The van der Waals surface area contributed by atoms with Crippen molar-refractivity contribution in [1.82, 2.24) is 5.32 Å². The summed E-state index contributed by atoms with van der Waals surface area (Å²) in [6.07, 6.45) is 0.440. The molecule has 0 aliphatic rings. The second-order valence-corrected chi connectivity index (χ2v) is 4.87. The first-order chi connectivity index (χ1) is 9.51. The maximum Gasteiger partial charge on any atom is 0.159 e. The summed E-state index contributed by atoms with van der Waals surface area (Å²) in [5.41, 5.74) is 1.42. The fourth-order valence-electron chi connectivity index (χ4n) is 2.02. The molecule has 2 rings (SSSR count). The van der Waals surface area contributed by atoms with E-state index < -0.39 is 17.5 Å². The molecule has 0 fully saturated rings. The van der Waals surface area contributed by atoms with Gasteiger partial charge in [0.05, 0.1) is 5.02 Å². The van der Waals surface area contributed by atoms with Crippen molar-refractivity contribution >= 4 is 11.6 Å². The molecule has 1 nitrogen and oxygen atoms in total. The van der Waals surface area contributed by atoms with Gasteiger partial charge in [-0.15, -0.1) is 0 Å². The molecule has 0 spiro atoms. The minimum absolute atomic E-state index is 0.0352. The summed E-state index contributed by atoms with van der Waals surface area (Å²) in [4.78, 5) is 0. The molecule has 0 radical (unpaired) electrons. The highest BCUT2D eigenvalue weighted by molar-refractivity contribution is 6.30. The standard InChI is InChI=1S/C15H13ClF3N/c1-20-15(10-3-5-12(17)11(16)8-10)7-9-2-4-13(18)14(19)6-9/h2-6,8,15,20H,7H2,1H3. The first kappa shape index (κ1) is 14.9. The number of halogens is 4. The van der Waals surface area contributed by atoms with Crippen LogP contribution in [0.4, 0.5) is 13.2 Å². The van der Waals surface area contributed by atoms with E-state index in [4.69, 9.17) is 11.6 Å². The van der Waals surface area contributed by atoms with E-state index in [1.165, 1.54) is 18.2 Å². The zero-order valence-electron chi connectivity index (χ0n) is 10.8. The van der Waals surface area contributed by atoms with E-state index in [1.807, 2.05) is 0 Å². The molecule has 0 amide bonds. The summed E-state index contributed by atoms with van der Waals surface area (Å²) >= 11 is 5.75. The Morgan fingerprint density at radius 2 is 1.70 bits per heavy atom. The largest absolute Gasteiger partial charge is 0.313 e. The lowest BCUT2D eigenvalue weighted by molar-refractivity contribution is 0.504. The fourth-order valence-corrected chi connectivity index (χ4v) is 2.21. The van der Waals surface area contributed by atoms with Crippen molar-refractivity contribution in [1.29, 1.82) is 0 Å². The Hall–Kier alpha value is -1.52. The Morgan fingerprint density at radius 1 is 1.00 bits per heavy atom. The first-order valence-electron chi connectivity index (χ1n) is 6.07. The highest BCUT2D eigenvalue weighted by atomic mass is 35.5. The molecule has 0 saturated carbocycles. The molecule has 1 N–H and O–H groups in total. The Kier molecular flexibility index (Phi) is 4.68. The number of nitrogens with one attached hydrogen (secondary N) is 1. The van der Waals surface area contributed by atoms with Crippen LogP contribution in [0.1, 0.15) is 17.2 Å². The van der Waals surface area contributed by atoms with Gasteiger partial charge in [0, 0.05) is 6.04 Å². The monoisotopic (exact) mass is 299 g/mol. The van der Waals surface area contributed by atoms with E-state index in [0.717, 1.165) is 17.7 Å². The van der Waals surface area contributed by atoms with Crippen LogP contribution in [0.3, 0.4) is 0 Å². The highest BCUT2D eigenvalue weighted by Crippen LogP contribution is 2.24. The van der Waals surface area contributed by atoms with Crippen molar-refractivity contribution < 1.29 is 13.2 Å². The van der Waals surface area contributed by atoms with Crippen molar-refractivity contribution in [3.63, 3.8) is 0 Å². The predicted octanol–water partition coefficient (Wildman–Crippen LogP) is 4.26. The number of hydrogen-bond donors (Lipinski definition) is 1. The minimum atomic E-state index is -0.880. The van der Waals surface area contributed by atoms with E-state index in [-0.39, 0.29) is 11.1 Å². The molecule has 2 aromatic rings. The van der Waals surface area contributed by atoms with Gasteiger partial charge in [-0.25, -0.2) is 13.2 Å². The second kappa shape index (κ2) is 6.29. The molecule has 1 atom stereocenters. The third-order valence-electron chi connectivity index (χ3n) is 3.12. The minimum Gasteiger partial charge on any atom is -0.313 e. The maximum absolute atomic E-state index is 13.2. The van der Waals surface area contributed by atoms with Gasteiger partial charge in [0.2, 0.25) is 0 Å². The summed E-state index contributed by atoms with van der Waals surface area (Å²) in [6.45, 7) is 0. The molecule has 0 aliphatic carbocycles. The van der Waals surface area contributed by atoms with Gasteiger partial charge in [0.1, 0.15) is 5.82 Å². The predicted molar refractivity (Wildman–Crippen MR) is 73.3 cm³/mol. The van der Waals surface area contributed by atoms with Crippen molar-refractivity contribution in [3.05, 3.63) is 70.0 Å². The van der Waals surface area contributed by atoms with E-state index in [2.05, 4.69) is 5.32 Å². The van der Waals surface area contributed by atoms with E-state index in [1.54, 1.807) is 13.1 Å². The van der Waals surface area contributed by atoms with Crippen molar-refractivity contribution in [2.45, 2.75) is 12.5 Å². The van der Waals surface area contributed by atoms with Crippen molar-refractivity contribution in [2.75, 3.05) is 7.05 Å². The number of rotatable bonds is 4. The molecule has 106 valence electrons. The Labute approximate surface area is 120 Å². The van der Waals surface area contributed by atoms with Crippen LogP contribution in [-0.2, 0) is 6.42 Å². The van der Waals surface area contributed by atoms with E-state index >= 15 is 0 Å². The summed E-state index contributed by atoms with van der Waals surface area (Å²) in [5, 5.41) is 3.09. The summed E-state index contributed by atoms with van der Waals surface area (Å²) < 4.78 is 39.2. The van der Waals surface area contributed by atoms with Gasteiger partial charge in [-0.1, -0.05) is 23.7 Å². The topological polar surface area (TPSA) is 12.0 Å². The number of hydrogen-bond acceptors (Lipinski definition) is 1. The first-order valence-corrected chi connectivity index (χ1v) is 6.45. The lowest BCUT2D eigenvalue weighted by Crippen LogP contribution is -2.19. The zero-order chi connectivity index (χ0) is 14.7. The zero-order valence-corrected chi connectivity index (χ0v) is 11.5. The highest BCUT2D eigenvalue weighted by Gasteiger charge is 2.13. The molecule has 0 aromatic heterocycles. The van der Waals surface area contributed by atoms with Crippen LogP contribution < -0.4 is 5.32 Å². The molecule has 0 saturated heterocycles. The van der Waals surface area contributed by atoms with Gasteiger partial charge >= 0.3 is 0 Å². The van der Waals surface area contributed by atoms with Crippen molar-refractivity contribution in [2.24, 2.45) is 0 Å². The quantitative estimate of drug-likeness (QED) is 0.889. The molecule has 2 aromatic carbocycles. The van der Waals surface area contributed by atoms with Crippen LogP contribution in [0.2, 0.25) is 5.02 Å². The van der Waals surface area contributed by atoms with Gasteiger partial charge in [0.25, 0.3) is 0 Å². The second-order valence-electron chi connectivity index (χ2n) is 4.47. The third kappa shape index (κ3) is 3.32. The maximum atomic E-state index is 13.2. The van der Waals surface area contributed by atoms with Gasteiger partial charge in [-0.2, -0.15) is 0 Å². The average molecular weight is 300 g/mol. The van der Waals surface area contributed by atoms with Crippen molar-refractivity contribution in [3.8, 4) is 0 Å². The van der Waals surface area contributed by atoms with Gasteiger partial charge in [-0.05, 0) is 48.9 Å². The molecular formula is C15H13ClF3N. The van der Waals surface area contributed by atoms with E-state index in [9.17, 15) is 13.2 Å². The lowest BCUT2D eigenvalue weighted by atomic mass is 9.99. The molecular weight excluding hydrogens is 287 g/mol. The normalized spacial score (nSPS) is 12.4. The molecule has 0 heterocycles. The molecule has 5 heteroatoms. The van der Waals surface area contributed by atoms with E-state index in [0.29, 0.717) is 12.0 Å². The van der Waals surface area contributed by atoms with Gasteiger partial charge in [0.15, 0.2) is 11.6 Å². The van der Waals surface area contributed by atoms with Crippen LogP contribution in [0.15, 0.2) is 36.4 Å². The van der Waals surface area contributed by atoms with Gasteiger partial charge in [-0.3, -0.25) is 0 Å². The SMILES string of the molecule is CNC(Cc1ccc(F)c(F)c1)c1ccc(F)c(Cl)c1. The van der Waals surface area contributed by atoms with Crippen LogP contribution in [0, 0.1) is 17.5 Å². The number of likely N-dealkylation sites (N-methyl/N-ethyl adjacent to an activating group) is 1. The summed E-state index contributed by atoms with van der Waals surface area (Å²) in [7, 11) is 1.74. The molecule has 0 aliphatic heterocycles. The Morgan fingerprint density at radius 3 is 2.30 bits per heavy atom. The fraction of sp³-hybridized carbons (Fsp3) is 0.200. The van der Waals surface area contributed by atoms with Crippen LogP contribution >= 0.6 is 11.6 Å².